The molecular formula is C8H14O2. The summed E-state index contributed by atoms with van der Waals surface area (Å²) >= 11 is 0. The van der Waals surface area contributed by atoms with E-state index < -0.39 is 0 Å². The molecule has 1 rings (SSSR count). The highest BCUT2D eigenvalue weighted by atomic mass is 16.5. The SMILES string of the molecule is CCCC(O)C1=COCC1. The first-order valence-corrected chi connectivity index (χ1v) is 3.83. The van der Waals surface area contributed by atoms with Crippen molar-refractivity contribution in [1.82, 2.24) is 0 Å². The first kappa shape index (κ1) is 7.61. The normalized spacial score (nSPS) is 20.0. The summed E-state index contributed by atoms with van der Waals surface area (Å²) < 4.78 is 5.00. The lowest BCUT2D eigenvalue weighted by atomic mass is 10.1. The van der Waals surface area contributed by atoms with E-state index in [0.717, 1.165) is 31.4 Å². The van der Waals surface area contributed by atoms with Gasteiger partial charge in [0.2, 0.25) is 0 Å². The fourth-order valence-electron chi connectivity index (χ4n) is 1.11. The molecule has 2 heteroatoms. The number of aliphatic hydroxyl groups is 1. The molecule has 0 amide bonds. The molecule has 10 heavy (non-hydrogen) atoms. The van der Waals surface area contributed by atoms with Crippen molar-refractivity contribution in [2.24, 2.45) is 0 Å². The Hall–Kier alpha value is -0.500. The zero-order chi connectivity index (χ0) is 7.40. The summed E-state index contributed by atoms with van der Waals surface area (Å²) in [5, 5.41) is 9.40. The Kier molecular flexibility index (Phi) is 2.75. The Balaban J connectivity index is 2.32. The van der Waals surface area contributed by atoms with Crippen molar-refractivity contribution in [3.63, 3.8) is 0 Å². The lowest BCUT2D eigenvalue weighted by Crippen LogP contribution is -2.08. The lowest BCUT2D eigenvalue weighted by Gasteiger charge is -2.07. The van der Waals surface area contributed by atoms with Gasteiger partial charge in [0.15, 0.2) is 0 Å². The van der Waals surface area contributed by atoms with E-state index in [1.54, 1.807) is 6.26 Å². The molecule has 2 nitrogen and oxygen atoms in total. The minimum Gasteiger partial charge on any atom is -0.501 e. The lowest BCUT2D eigenvalue weighted by molar-refractivity contribution is 0.197. The second-order valence-electron chi connectivity index (χ2n) is 2.62. The molecule has 1 aliphatic heterocycles. The molecule has 0 spiro atoms. The van der Waals surface area contributed by atoms with Crippen LogP contribution < -0.4 is 0 Å². The van der Waals surface area contributed by atoms with Gasteiger partial charge in [-0.25, -0.2) is 0 Å². The van der Waals surface area contributed by atoms with Crippen molar-refractivity contribution in [3.05, 3.63) is 11.8 Å². The van der Waals surface area contributed by atoms with Gasteiger partial charge >= 0.3 is 0 Å². The smallest absolute Gasteiger partial charge is 0.0912 e. The van der Waals surface area contributed by atoms with Crippen molar-refractivity contribution in [2.45, 2.75) is 32.3 Å². The molecule has 0 aromatic rings. The van der Waals surface area contributed by atoms with Crippen molar-refractivity contribution in [1.29, 1.82) is 0 Å². The molecule has 1 aliphatic rings. The van der Waals surface area contributed by atoms with E-state index in [0.29, 0.717) is 0 Å². The summed E-state index contributed by atoms with van der Waals surface area (Å²) in [6.45, 7) is 2.82. The molecule has 1 unspecified atom stereocenters. The summed E-state index contributed by atoms with van der Waals surface area (Å²) in [7, 11) is 0. The molecule has 0 saturated carbocycles. The average molecular weight is 142 g/mol. The predicted molar refractivity (Wildman–Crippen MR) is 39.6 cm³/mol. The first-order valence-electron chi connectivity index (χ1n) is 3.83. The summed E-state index contributed by atoms with van der Waals surface area (Å²) in [4.78, 5) is 0. The maximum atomic E-state index is 9.40. The van der Waals surface area contributed by atoms with Crippen LogP contribution in [0.5, 0.6) is 0 Å². The molecule has 0 fully saturated rings. The van der Waals surface area contributed by atoms with Crippen LogP contribution in [0, 0.1) is 0 Å². The van der Waals surface area contributed by atoms with E-state index >= 15 is 0 Å². The standard InChI is InChI=1S/C8H14O2/c1-2-3-8(9)7-4-5-10-6-7/h6,8-9H,2-5H2,1H3. The molecule has 1 atom stereocenters. The topological polar surface area (TPSA) is 29.5 Å². The Labute approximate surface area is 61.5 Å². The maximum absolute atomic E-state index is 9.40. The van der Waals surface area contributed by atoms with Crippen LogP contribution >= 0.6 is 0 Å². The van der Waals surface area contributed by atoms with Crippen LogP contribution in [0.1, 0.15) is 26.2 Å². The highest BCUT2D eigenvalue weighted by Crippen LogP contribution is 2.17. The molecule has 0 aromatic carbocycles. The van der Waals surface area contributed by atoms with Crippen LogP contribution in [0.4, 0.5) is 0 Å². The van der Waals surface area contributed by atoms with Crippen molar-refractivity contribution < 1.29 is 9.84 Å². The molecule has 1 N–H and O–H groups in total. The quantitative estimate of drug-likeness (QED) is 0.646. The molecule has 0 bridgehead atoms. The summed E-state index contributed by atoms with van der Waals surface area (Å²) in [6.07, 6.45) is 4.22. The highest BCUT2D eigenvalue weighted by Gasteiger charge is 2.13. The number of hydrogen-bond acceptors (Lipinski definition) is 2. The second kappa shape index (κ2) is 3.62. The zero-order valence-corrected chi connectivity index (χ0v) is 6.34. The van der Waals surface area contributed by atoms with E-state index in [9.17, 15) is 5.11 Å². The first-order chi connectivity index (χ1) is 4.84. The van der Waals surface area contributed by atoms with Crippen molar-refractivity contribution in [3.8, 4) is 0 Å². The van der Waals surface area contributed by atoms with Gasteiger partial charge in [-0.15, -0.1) is 0 Å². The molecular weight excluding hydrogens is 128 g/mol. The second-order valence-corrected chi connectivity index (χ2v) is 2.62. The van der Waals surface area contributed by atoms with Crippen LogP contribution in [0.15, 0.2) is 11.8 Å². The number of rotatable bonds is 3. The van der Waals surface area contributed by atoms with Crippen LogP contribution in [-0.4, -0.2) is 17.8 Å². The fourth-order valence-corrected chi connectivity index (χ4v) is 1.11. The van der Waals surface area contributed by atoms with Crippen LogP contribution in [0.2, 0.25) is 0 Å². The Bertz CT molecular complexity index is 129. The van der Waals surface area contributed by atoms with E-state index in [1.807, 2.05) is 0 Å². The minimum atomic E-state index is -0.257. The Morgan fingerprint density at radius 3 is 3.10 bits per heavy atom. The van der Waals surface area contributed by atoms with Crippen LogP contribution in [-0.2, 0) is 4.74 Å². The van der Waals surface area contributed by atoms with Gasteiger partial charge in [0, 0.05) is 6.42 Å². The summed E-state index contributed by atoms with van der Waals surface area (Å²) in [6, 6.07) is 0. The van der Waals surface area contributed by atoms with Crippen molar-refractivity contribution in [2.75, 3.05) is 6.61 Å². The molecule has 0 aromatic heterocycles. The number of hydrogen-bond donors (Lipinski definition) is 1. The Morgan fingerprint density at radius 2 is 2.60 bits per heavy atom. The molecule has 0 radical (unpaired) electrons. The van der Waals surface area contributed by atoms with Gasteiger partial charge in [-0.3, -0.25) is 0 Å². The molecule has 1 heterocycles. The largest absolute Gasteiger partial charge is 0.501 e. The average Bonchev–Trinajstić information content (AvgIpc) is 2.38. The zero-order valence-electron chi connectivity index (χ0n) is 6.34. The van der Waals surface area contributed by atoms with Crippen molar-refractivity contribution >= 4 is 0 Å². The van der Waals surface area contributed by atoms with Gasteiger partial charge in [-0.05, 0) is 12.0 Å². The highest BCUT2D eigenvalue weighted by molar-refractivity contribution is 5.07. The van der Waals surface area contributed by atoms with E-state index in [2.05, 4.69) is 6.92 Å². The third kappa shape index (κ3) is 1.74. The van der Waals surface area contributed by atoms with Gasteiger partial charge < -0.3 is 9.84 Å². The van der Waals surface area contributed by atoms with Gasteiger partial charge in [0.1, 0.15) is 0 Å². The molecule has 58 valence electrons. The predicted octanol–water partition coefficient (Wildman–Crippen LogP) is 1.45. The Morgan fingerprint density at radius 1 is 1.80 bits per heavy atom. The van der Waals surface area contributed by atoms with Gasteiger partial charge in [-0.1, -0.05) is 13.3 Å². The third-order valence-electron chi connectivity index (χ3n) is 1.73. The minimum absolute atomic E-state index is 0.257. The third-order valence-corrected chi connectivity index (χ3v) is 1.73. The monoisotopic (exact) mass is 142 g/mol. The van der Waals surface area contributed by atoms with E-state index in [4.69, 9.17) is 4.74 Å². The van der Waals surface area contributed by atoms with E-state index in [-0.39, 0.29) is 6.10 Å². The molecule has 0 saturated heterocycles. The van der Waals surface area contributed by atoms with Crippen LogP contribution in [0.25, 0.3) is 0 Å². The van der Waals surface area contributed by atoms with Gasteiger partial charge in [0.25, 0.3) is 0 Å². The summed E-state index contributed by atoms with van der Waals surface area (Å²) in [5.41, 5.74) is 1.06. The molecule has 0 aliphatic carbocycles. The van der Waals surface area contributed by atoms with Crippen LogP contribution in [0.3, 0.4) is 0 Å². The maximum Gasteiger partial charge on any atom is 0.0912 e. The van der Waals surface area contributed by atoms with E-state index in [1.165, 1.54) is 0 Å². The number of ether oxygens (including phenoxy) is 1. The van der Waals surface area contributed by atoms with Gasteiger partial charge in [-0.2, -0.15) is 0 Å². The number of aliphatic hydroxyl groups excluding tert-OH is 1. The van der Waals surface area contributed by atoms with Gasteiger partial charge in [0.05, 0.1) is 19.0 Å². The fraction of sp³-hybridized carbons (Fsp3) is 0.750. The summed E-state index contributed by atoms with van der Waals surface area (Å²) in [5.74, 6) is 0.